The predicted molar refractivity (Wildman–Crippen MR) is 121 cm³/mol. The van der Waals surface area contributed by atoms with Crippen LogP contribution in [0.1, 0.15) is 120 Å². The molecule has 1 unspecified atom stereocenters. The summed E-state index contributed by atoms with van der Waals surface area (Å²) in [6, 6.07) is 0. The van der Waals surface area contributed by atoms with Gasteiger partial charge in [-0.1, -0.05) is 90.9 Å². The first-order valence-electron chi connectivity index (χ1n) is 11.6. The van der Waals surface area contributed by atoms with E-state index in [9.17, 15) is 18.0 Å². The van der Waals surface area contributed by atoms with Crippen molar-refractivity contribution in [2.24, 2.45) is 0 Å². The van der Waals surface area contributed by atoms with Crippen LogP contribution in [0.2, 0.25) is 0 Å². The van der Waals surface area contributed by atoms with Gasteiger partial charge in [-0.15, -0.1) is 0 Å². The average Bonchev–Trinajstić information content (AvgIpc) is 2.69. The molecule has 0 fully saturated rings. The molecule has 0 aliphatic carbocycles. The fourth-order valence-corrected chi connectivity index (χ4v) is 4.07. The topological polar surface area (TPSA) is 127 Å². The molecule has 0 saturated carbocycles. The van der Waals surface area contributed by atoms with Gasteiger partial charge >= 0.3 is 71.1 Å². The smallest absolute Gasteiger partial charge is 1.00 e. The maximum absolute atomic E-state index is 12.1. The van der Waals surface area contributed by atoms with E-state index in [0.29, 0.717) is 12.8 Å². The van der Waals surface area contributed by atoms with Crippen LogP contribution in [0.5, 0.6) is 0 Å². The number of hydrogen-bond donors (Lipinski definition) is 2. The summed E-state index contributed by atoms with van der Waals surface area (Å²) in [5.41, 5.74) is -0.793. The Morgan fingerprint density at radius 1 is 0.848 bits per heavy atom. The van der Waals surface area contributed by atoms with Crippen molar-refractivity contribution in [1.82, 2.24) is 0 Å². The molecule has 0 aromatic heterocycles. The third kappa shape index (κ3) is 20.7. The molecule has 0 amide bonds. The Hall–Kier alpha value is 0.810. The third-order valence-electron chi connectivity index (χ3n) is 5.43. The summed E-state index contributed by atoms with van der Waals surface area (Å²) < 4.78 is 31.9. The van der Waals surface area contributed by atoms with Gasteiger partial charge < -0.3 is 7.96 Å². The minimum absolute atomic E-state index is 0. The van der Waals surface area contributed by atoms with Crippen LogP contribution in [0.4, 0.5) is 0 Å². The summed E-state index contributed by atoms with van der Waals surface area (Å²) in [6.45, 7) is 6.13. The zero-order valence-corrected chi connectivity index (χ0v) is 26.3. The van der Waals surface area contributed by atoms with Crippen LogP contribution in [0, 0.1) is 0 Å². The maximum atomic E-state index is 12.1. The maximum Gasteiger partial charge on any atom is 1.00 e. The Bertz CT molecular complexity index is 609. The summed E-state index contributed by atoms with van der Waals surface area (Å²) in [4.78, 5) is 33.1. The second kappa shape index (κ2) is 22.0. The minimum Gasteiger partial charge on any atom is -1.00 e. The van der Waals surface area contributed by atoms with Crippen LogP contribution in [-0.4, -0.2) is 40.9 Å². The van der Waals surface area contributed by atoms with Crippen molar-refractivity contribution in [1.29, 1.82) is 0 Å². The van der Waals surface area contributed by atoms with Crippen molar-refractivity contribution in [2.75, 3.05) is 0 Å². The van der Waals surface area contributed by atoms with Crippen molar-refractivity contribution in [3.05, 3.63) is 0 Å². The predicted octanol–water partition coefficient (Wildman–Crippen LogP) is -0.315. The largest absolute Gasteiger partial charge is 1.00 e. The third-order valence-corrected chi connectivity index (χ3v) is 6.50. The fraction of sp³-hybridized carbons (Fsp3) is 0.909. The quantitative estimate of drug-likeness (QED) is 0.0745. The van der Waals surface area contributed by atoms with Crippen LogP contribution >= 0.6 is 0 Å². The standard InChI is InChI=1S/C22H42O8S.2Na.2H/c1-4-6-8-10-12-14-16-22(3,17-15-13-11-9-7-5-2)30-29-21(25)19(18-20(23)24)31(26,27)28;;;;/h19H,4-18H2,1-3H3,(H,23,24)(H,26,27,28);;;;/q;2*+1;2*-1. The van der Waals surface area contributed by atoms with Gasteiger partial charge in [0.1, 0.15) is 5.60 Å². The van der Waals surface area contributed by atoms with E-state index in [1.807, 2.05) is 6.92 Å². The van der Waals surface area contributed by atoms with Crippen LogP contribution < -0.4 is 59.1 Å². The summed E-state index contributed by atoms with van der Waals surface area (Å²) in [5.74, 6) is -2.96. The molecule has 0 spiro atoms. The number of rotatable bonds is 20. The molecule has 11 heteroatoms. The summed E-state index contributed by atoms with van der Waals surface area (Å²) >= 11 is 0. The van der Waals surface area contributed by atoms with Gasteiger partial charge in [0.15, 0.2) is 5.25 Å². The summed E-state index contributed by atoms with van der Waals surface area (Å²) in [6.07, 6.45) is 13.3. The Kier molecular flexibility index (Phi) is 25.6. The molecular formula is C22H44Na2O8S. The molecule has 8 nitrogen and oxygen atoms in total. The van der Waals surface area contributed by atoms with Crippen molar-refractivity contribution < 1.29 is 99.4 Å². The first kappa shape index (κ1) is 38.3. The van der Waals surface area contributed by atoms with Gasteiger partial charge in [0, 0.05) is 0 Å². The van der Waals surface area contributed by atoms with E-state index in [1.54, 1.807) is 0 Å². The Labute approximate surface area is 247 Å². The second-order valence-electron chi connectivity index (χ2n) is 8.57. The zero-order chi connectivity index (χ0) is 23.8. The molecule has 0 radical (unpaired) electrons. The average molecular weight is 515 g/mol. The normalized spacial score (nSPS) is 12.4. The van der Waals surface area contributed by atoms with E-state index >= 15 is 0 Å². The van der Waals surface area contributed by atoms with Crippen LogP contribution in [0.3, 0.4) is 0 Å². The van der Waals surface area contributed by atoms with Crippen LogP contribution in [-0.2, 0) is 29.5 Å². The number of aliphatic carboxylic acids is 1. The van der Waals surface area contributed by atoms with Crippen molar-refractivity contribution in [2.45, 2.75) is 128 Å². The monoisotopic (exact) mass is 514 g/mol. The molecule has 0 aliphatic rings. The molecule has 0 aromatic carbocycles. The fourth-order valence-electron chi connectivity index (χ4n) is 3.43. The first-order valence-corrected chi connectivity index (χ1v) is 13.1. The van der Waals surface area contributed by atoms with Gasteiger partial charge in [0.2, 0.25) is 0 Å². The molecule has 33 heavy (non-hydrogen) atoms. The molecule has 0 bridgehead atoms. The number of unbranched alkanes of at least 4 members (excludes halogenated alkanes) is 10. The van der Waals surface area contributed by atoms with E-state index in [2.05, 4.69) is 13.8 Å². The Balaban J connectivity index is -0.000000750. The van der Waals surface area contributed by atoms with Crippen LogP contribution in [0.25, 0.3) is 0 Å². The molecular weight excluding hydrogens is 470 g/mol. The molecule has 0 rings (SSSR count). The van der Waals surface area contributed by atoms with Gasteiger partial charge in [0.25, 0.3) is 10.1 Å². The Morgan fingerprint density at radius 3 is 1.61 bits per heavy atom. The van der Waals surface area contributed by atoms with Crippen molar-refractivity contribution in [3.8, 4) is 0 Å². The van der Waals surface area contributed by atoms with Crippen molar-refractivity contribution in [3.63, 3.8) is 0 Å². The van der Waals surface area contributed by atoms with Gasteiger partial charge in [-0.3, -0.25) is 14.2 Å². The number of carbonyl (C=O) groups excluding carboxylic acids is 1. The number of hydrogen-bond acceptors (Lipinski definition) is 6. The molecule has 0 saturated heterocycles. The molecule has 0 aliphatic heterocycles. The molecule has 188 valence electrons. The van der Waals surface area contributed by atoms with E-state index in [1.165, 1.54) is 38.5 Å². The summed E-state index contributed by atoms with van der Waals surface area (Å²) in [7, 11) is -4.92. The van der Waals surface area contributed by atoms with Gasteiger partial charge in [-0.2, -0.15) is 13.3 Å². The number of carboxylic acid groups (broad SMARTS) is 1. The SMILES string of the molecule is CCCCCCCCC(C)(CCCCCCCC)OOC(=O)C(CC(=O)O)S(=O)(=O)O.[H-].[H-].[Na+].[Na+]. The number of carboxylic acids is 1. The molecule has 2 N–H and O–H groups in total. The molecule has 1 atom stereocenters. The van der Waals surface area contributed by atoms with E-state index in [4.69, 9.17) is 19.4 Å². The van der Waals surface area contributed by atoms with E-state index in [0.717, 1.165) is 38.5 Å². The van der Waals surface area contributed by atoms with E-state index < -0.39 is 39.3 Å². The van der Waals surface area contributed by atoms with Crippen LogP contribution in [0.15, 0.2) is 0 Å². The molecule has 0 aromatic rings. The van der Waals surface area contributed by atoms with E-state index in [-0.39, 0.29) is 62.0 Å². The van der Waals surface area contributed by atoms with Crippen molar-refractivity contribution >= 4 is 22.1 Å². The first-order chi connectivity index (χ1) is 14.6. The van der Waals surface area contributed by atoms with Gasteiger partial charge in [-0.25, -0.2) is 4.79 Å². The van der Waals surface area contributed by atoms with Gasteiger partial charge in [-0.05, 0) is 19.8 Å². The summed E-state index contributed by atoms with van der Waals surface area (Å²) in [5, 5.41) is 6.60. The number of carbonyl (C=O) groups is 2. The minimum atomic E-state index is -4.92. The van der Waals surface area contributed by atoms with Gasteiger partial charge in [0.05, 0.1) is 6.42 Å². The molecule has 0 heterocycles. The Morgan fingerprint density at radius 2 is 1.24 bits per heavy atom. The zero-order valence-electron chi connectivity index (χ0n) is 23.4. The second-order valence-corrected chi connectivity index (χ2v) is 10.2.